The maximum Gasteiger partial charge on any atom is 0.225 e. The first-order valence-electron chi connectivity index (χ1n) is 8.59. The van der Waals surface area contributed by atoms with Crippen LogP contribution in [0, 0.1) is 5.41 Å². The third kappa shape index (κ3) is 5.04. The van der Waals surface area contributed by atoms with Crippen molar-refractivity contribution in [3.63, 3.8) is 0 Å². The zero-order valence-corrected chi connectivity index (χ0v) is 14.3. The predicted molar refractivity (Wildman–Crippen MR) is 93.3 cm³/mol. The molecule has 0 unspecified atom stereocenters. The largest absolute Gasteiger partial charge is 0.372 e. The predicted octanol–water partition coefficient (Wildman–Crippen LogP) is 3.77. The van der Waals surface area contributed by atoms with E-state index in [0.717, 1.165) is 19.4 Å². The van der Waals surface area contributed by atoms with Crippen LogP contribution in [0.1, 0.15) is 52.0 Å². The zero-order valence-electron chi connectivity index (χ0n) is 14.3. The minimum absolute atomic E-state index is 0.132. The maximum absolute atomic E-state index is 11.8. The lowest BCUT2D eigenvalue weighted by molar-refractivity contribution is -0.128. The van der Waals surface area contributed by atoms with E-state index in [-0.39, 0.29) is 11.3 Å². The topological polar surface area (TPSA) is 32.3 Å². The first-order valence-corrected chi connectivity index (χ1v) is 8.59. The summed E-state index contributed by atoms with van der Waals surface area (Å²) in [4.78, 5) is 14.3. The number of aryl methyl sites for hydroxylation is 1. The lowest BCUT2D eigenvalue weighted by atomic mass is 9.95. The number of carbonyl (C=O) groups is 1. The van der Waals surface area contributed by atoms with Gasteiger partial charge in [0.2, 0.25) is 5.91 Å². The van der Waals surface area contributed by atoms with Crippen LogP contribution in [0.4, 0.5) is 5.69 Å². The summed E-state index contributed by atoms with van der Waals surface area (Å²) < 4.78 is 0. The van der Waals surface area contributed by atoms with Gasteiger partial charge in [0.1, 0.15) is 0 Å². The van der Waals surface area contributed by atoms with Crippen LogP contribution in [0.15, 0.2) is 24.3 Å². The molecule has 22 heavy (non-hydrogen) atoms. The Balaban J connectivity index is 1.73. The number of rotatable bonds is 5. The number of hydrogen-bond acceptors (Lipinski definition) is 2. The van der Waals surface area contributed by atoms with Crippen molar-refractivity contribution < 1.29 is 4.79 Å². The summed E-state index contributed by atoms with van der Waals surface area (Å²) in [6.45, 7) is 8.98. The number of anilines is 1. The third-order valence-electron chi connectivity index (χ3n) is 4.27. The van der Waals surface area contributed by atoms with Crippen molar-refractivity contribution in [2.75, 3.05) is 24.5 Å². The summed E-state index contributed by atoms with van der Waals surface area (Å²) in [5.74, 6) is 0.132. The average molecular weight is 302 g/mol. The van der Waals surface area contributed by atoms with Gasteiger partial charge >= 0.3 is 0 Å². The fourth-order valence-corrected chi connectivity index (χ4v) is 2.79. The molecule has 0 saturated carbocycles. The number of nitrogens with one attached hydrogen (secondary N) is 1. The van der Waals surface area contributed by atoms with Crippen LogP contribution in [0.25, 0.3) is 0 Å². The number of carbonyl (C=O) groups excluding carboxylic acids is 1. The lowest BCUT2D eigenvalue weighted by Gasteiger charge is -2.28. The fraction of sp³-hybridized carbons (Fsp3) is 0.632. The van der Waals surface area contributed by atoms with Gasteiger partial charge in [-0.25, -0.2) is 0 Å². The van der Waals surface area contributed by atoms with Crippen molar-refractivity contribution in [3.05, 3.63) is 29.8 Å². The average Bonchev–Trinajstić information content (AvgIpc) is 2.52. The second-order valence-electron chi connectivity index (χ2n) is 7.32. The Kier molecular flexibility index (Phi) is 5.87. The molecule has 122 valence electrons. The highest BCUT2D eigenvalue weighted by atomic mass is 16.2. The highest BCUT2D eigenvalue weighted by molar-refractivity contribution is 5.81. The summed E-state index contributed by atoms with van der Waals surface area (Å²) >= 11 is 0. The van der Waals surface area contributed by atoms with Crippen LogP contribution in [-0.4, -0.2) is 25.5 Å². The van der Waals surface area contributed by atoms with E-state index in [2.05, 4.69) is 34.5 Å². The SMILES string of the molecule is CC(C)(C)C(=O)NCCCc1ccc(N2CCCCC2)cc1. The number of amides is 1. The van der Waals surface area contributed by atoms with E-state index >= 15 is 0 Å². The maximum atomic E-state index is 11.8. The van der Waals surface area contributed by atoms with Crippen LogP contribution in [0.2, 0.25) is 0 Å². The Morgan fingerprint density at radius 1 is 1.09 bits per heavy atom. The number of hydrogen-bond donors (Lipinski definition) is 1. The van der Waals surface area contributed by atoms with E-state index in [1.165, 1.54) is 43.6 Å². The molecule has 1 aromatic carbocycles. The molecule has 0 atom stereocenters. The zero-order chi connectivity index (χ0) is 16.0. The van der Waals surface area contributed by atoms with E-state index in [0.29, 0.717) is 0 Å². The van der Waals surface area contributed by atoms with Gasteiger partial charge in [0.15, 0.2) is 0 Å². The van der Waals surface area contributed by atoms with Crippen LogP contribution < -0.4 is 10.2 Å². The molecular weight excluding hydrogens is 272 g/mol. The number of benzene rings is 1. The van der Waals surface area contributed by atoms with Crippen molar-refractivity contribution in [1.82, 2.24) is 5.32 Å². The van der Waals surface area contributed by atoms with Crippen LogP contribution in [-0.2, 0) is 11.2 Å². The Morgan fingerprint density at radius 3 is 2.32 bits per heavy atom. The van der Waals surface area contributed by atoms with Gasteiger partial charge in [-0.15, -0.1) is 0 Å². The Morgan fingerprint density at radius 2 is 1.73 bits per heavy atom. The quantitative estimate of drug-likeness (QED) is 0.840. The number of piperidine rings is 1. The molecule has 3 nitrogen and oxygen atoms in total. The van der Waals surface area contributed by atoms with Gasteiger partial charge in [-0.3, -0.25) is 4.79 Å². The van der Waals surface area contributed by atoms with Crippen LogP contribution in [0.3, 0.4) is 0 Å². The molecule has 0 aromatic heterocycles. The van der Waals surface area contributed by atoms with Crippen LogP contribution in [0.5, 0.6) is 0 Å². The highest BCUT2D eigenvalue weighted by Gasteiger charge is 2.20. The lowest BCUT2D eigenvalue weighted by Crippen LogP contribution is -2.35. The standard InChI is InChI=1S/C19H30N2O/c1-19(2,3)18(22)20-13-7-8-16-9-11-17(12-10-16)21-14-5-4-6-15-21/h9-12H,4-8,13-15H2,1-3H3,(H,20,22). The molecule has 0 radical (unpaired) electrons. The molecule has 1 aliphatic heterocycles. The van der Waals surface area contributed by atoms with Crippen molar-refractivity contribution in [2.24, 2.45) is 5.41 Å². The number of nitrogens with zero attached hydrogens (tertiary/aromatic N) is 1. The summed E-state index contributed by atoms with van der Waals surface area (Å²) in [7, 11) is 0. The minimum atomic E-state index is -0.296. The normalized spacial score (nSPS) is 15.7. The molecule has 1 saturated heterocycles. The monoisotopic (exact) mass is 302 g/mol. The van der Waals surface area contributed by atoms with Gasteiger partial charge < -0.3 is 10.2 Å². The fourth-order valence-electron chi connectivity index (χ4n) is 2.79. The first-order chi connectivity index (χ1) is 10.5. The van der Waals surface area contributed by atoms with Gasteiger partial charge in [0.25, 0.3) is 0 Å². The van der Waals surface area contributed by atoms with E-state index < -0.39 is 0 Å². The van der Waals surface area contributed by atoms with Gasteiger partial charge in [0, 0.05) is 30.7 Å². The molecule has 0 spiro atoms. The van der Waals surface area contributed by atoms with Gasteiger partial charge in [-0.1, -0.05) is 32.9 Å². The molecule has 2 rings (SSSR count). The second-order valence-corrected chi connectivity index (χ2v) is 7.32. The van der Waals surface area contributed by atoms with Crippen molar-refractivity contribution >= 4 is 11.6 Å². The van der Waals surface area contributed by atoms with E-state index in [1.54, 1.807) is 0 Å². The Bertz CT molecular complexity index is 467. The molecule has 1 fully saturated rings. The molecule has 1 aliphatic rings. The second kappa shape index (κ2) is 7.66. The molecule has 3 heteroatoms. The Labute approximate surface area is 135 Å². The third-order valence-corrected chi connectivity index (χ3v) is 4.27. The van der Waals surface area contributed by atoms with Crippen LogP contribution >= 0.6 is 0 Å². The van der Waals surface area contributed by atoms with Gasteiger partial charge in [-0.05, 0) is 49.8 Å². The molecule has 1 N–H and O–H groups in total. The van der Waals surface area contributed by atoms with E-state index in [9.17, 15) is 4.79 Å². The van der Waals surface area contributed by atoms with Crippen molar-refractivity contribution in [2.45, 2.75) is 52.9 Å². The molecule has 0 aliphatic carbocycles. The molecule has 1 aromatic rings. The molecule has 0 bridgehead atoms. The highest BCUT2D eigenvalue weighted by Crippen LogP contribution is 2.20. The summed E-state index contributed by atoms with van der Waals surface area (Å²) in [6.07, 6.45) is 6.01. The molecule has 1 amide bonds. The molecule has 1 heterocycles. The van der Waals surface area contributed by atoms with E-state index in [1.807, 2.05) is 20.8 Å². The van der Waals surface area contributed by atoms with E-state index in [4.69, 9.17) is 0 Å². The summed E-state index contributed by atoms with van der Waals surface area (Å²) in [5.41, 5.74) is 2.41. The van der Waals surface area contributed by atoms with Crippen molar-refractivity contribution in [3.8, 4) is 0 Å². The summed E-state index contributed by atoms with van der Waals surface area (Å²) in [6, 6.07) is 8.95. The first kappa shape index (κ1) is 16.9. The minimum Gasteiger partial charge on any atom is -0.372 e. The summed E-state index contributed by atoms with van der Waals surface area (Å²) in [5, 5.41) is 3.01. The van der Waals surface area contributed by atoms with Gasteiger partial charge in [0.05, 0.1) is 0 Å². The Hall–Kier alpha value is -1.51. The van der Waals surface area contributed by atoms with Crippen molar-refractivity contribution in [1.29, 1.82) is 0 Å². The molecular formula is C19H30N2O. The smallest absolute Gasteiger partial charge is 0.225 e. The van der Waals surface area contributed by atoms with Gasteiger partial charge in [-0.2, -0.15) is 0 Å².